The fourth-order valence-corrected chi connectivity index (χ4v) is 1.50. The third-order valence-electron chi connectivity index (χ3n) is 2.40. The molecule has 1 N–H and O–H groups in total. The van der Waals surface area contributed by atoms with Gasteiger partial charge in [0.2, 0.25) is 0 Å². The number of rotatable bonds is 3. The highest BCUT2D eigenvalue weighted by Crippen LogP contribution is 2.04. The van der Waals surface area contributed by atoms with Gasteiger partial charge in [0.1, 0.15) is 11.5 Å². The first-order chi connectivity index (χ1) is 8.08. The van der Waals surface area contributed by atoms with E-state index in [1.54, 1.807) is 36.1 Å². The molecule has 7 nitrogen and oxygen atoms in total. The zero-order valence-electron chi connectivity index (χ0n) is 10.0. The maximum atomic E-state index is 12.0. The Morgan fingerprint density at radius 2 is 2.35 bits per heavy atom. The van der Waals surface area contributed by atoms with Gasteiger partial charge in [0, 0.05) is 14.1 Å². The predicted octanol–water partition coefficient (Wildman–Crippen LogP) is 0.119. The number of aryl methyl sites for hydroxylation is 2. The topological polar surface area (TPSA) is 79.7 Å². The molecule has 1 amide bonds. The minimum Gasteiger partial charge on any atom is -0.333 e. The highest BCUT2D eigenvalue weighted by Gasteiger charge is 2.16. The average Bonchev–Trinajstić information content (AvgIpc) is 2.86. The Kier molecular flexibility index (Phi) is 2.90. The van der Waals surface area contributed by atoms with Crippen LogP contribution in [0, 0.1) is 6.92 Å². The van der Waals surface area contributed by atoms with Crippen molar-refractivity contribution in [3.8, 4) is 0 Å². The molecule has 0 radical (unpaired) electrons. The smallest absolute Gasteiger partial charge is 0.272 e. The maximum absolute atomic E-state index is 12.0. The number of imidazole rings is 1. The molecule has 17 heavy (non-hydrogen) atoms. The molecular weight excluding hydrogens is 220 g/mol. The van der Waals surface area contributed by atoms with Gasteiger partial charge < -0.3 is 9.47 Å². The zero-order valence-corrected chi connectivity index (χ0v) is 10.0. The molecule has 90 valence electrons. The van der Waals surface area contributed by atoms with Crippen LogP contribution in [0.3, 0.4) is 0 Å². The second-order valence-corrected chi connectivity index (χ2v) is 3.89. The summed E-state index contributed by atoms with van der Waals surface area (Å²) in [5.74, 6) is 1.23. The number of nitrogens with one attached hydrogen (secondary N) is 1. The molecule has 0 spiro atoms. The van der Waals surface area contributed by atoms with Crippen LogP contribution in [0.1, 0.15) is 22.1 Å². The van der Waals surface area contributed by atoms with E-state index in [4.69, 9.17) is 0 Å². The summed E-state index contributed by atoms with van der Waals surface area (Å²) in [6.07, 6.45) is 3.14. The number of aromatic amines is 1. The van der Waals surface area contributed by atoms with Crippen LogP contribution in [0.2, 0.25) is 0 Å². The molecule has 0 saturated carbocycles. The molecule has 0 saturated heterocycles. The average molecular weight is 234 g/mol. The van der Waals surface area contributed by atoms with Gasteiger partial charge in [-0.2, -0.15) is 5.10 Å². The molecule has 2 heterocycles. The van der Waals surface area contributed by atoms with Crippen LogP contribution in [0.15, 0.2) is 12.5 Å². The summed E-state index contributed by atoms with van der Waals surface area (Å²) in [5, 5.41) is 6.73. The van der Waals surface area contributed by atoms with Crippen LogP contribution in [-0.2, 0) is 13.6 Å². The van der Waals surface area contributed by atoms with Crippen molar-refractivity contribution in [2.24, 2.45) is 7.05 Å². The number of amides is 1. The molecule has 0 fully saturated rings. The SMILES string of the molecule is Cc1nc(CN(C)C(=O)c2cncn2C)n[nH]1. The molecule has 2 aromatic rings. The van der Waals surface area contributed by atoms with E-state index in [1.165, 1.54) is 0 Å². The largest absolute Gasteiger partial charge is 0.333 e. The van der Waals surface area contributed by atoms with E-state index in [1.807, 2.05) is 6.92 Å². The van der Waals surface area contributed by atoms with Crippen molar-refractivity contribution in [1.29, 1.82) is 0 Å². The van der Waals surface area contributed by atoms with Gasteiger partial charge >= 0.3 is 0 Å². The van der Waals surface area contributed by atoms with Crippen molar-refractivity contribution < 1.29 is 4.79 Å². The second kappa shape index (κ2) is 4.36. The lowest BCUT2D eigenvalue weighted by Crippen LogP contribution is -2.28. The highest BCUT2D eigenvalue weighted by atomic mass is 16.2. The van der Waals surface area contributed by atoms with Gasteiger partial charge in [-0.1, -0.05) is 0 Å². The van der Waals surface area contributed by atoms with E-state index < -0.39 is 0 Å². The number of hydrogen-bond donors (Lipinski definition) is 1. The van der Waals surface area contributed by atoms with Crippen LogP contribution < -0.4 is 0 Å². The van der Waals surface area contributed by atoms with Crippen molar-refractivity contribution in [3.63, 3.8) is 0 Å². The minimum absolute atomic E-state index is 0.104. The normalized spacial score (nSPS) is 10.5. The number of aromatic nitrogens is 5. The lowest BCUT2D eigenvalue weighted by atomic mass is 10.4. The summed E-state index contributed by atoms with van der Waals surface area (Å²) >= 11 is 0. The van der Waals surface area contributed by atoms with Gasteiger partial charge in [-0.05, 0) is 6.92 Å². The molecule has 0 bridgehead atoms. The number of hydrogen-bond acceptors (Lipinski definition) is 4. The number of H-pyrrole nitrogens is 1. The molecule has 0 aliphatic heterocycles. The molecule has 0 aromatic carbocycles. The van der Waals surface area contributed by atoms with E-state index in [9.17, 15) is 4.79 Å². The van der Waals surface area contributed by atoms with Gasteiger partial charge in [0.05, 0.1) is 19.1 Å². The van der Waals surface area contributed by atoms with Crippen LogP contribution in [-0.4, -0.2) is 42.6 Å². The Labute approximate surface area is 98.5 Å². The lowest BCUT2D eigenvalue weighted by Gasteiger charge is -2.14. The van der Waals surface area contributed by atoms with Gasteiger partial charge in [-0.15, -0.1) is 0 Å². The third-order valence-corrected chi connectivity index (χ3v) is 2.40. The summed E-state index contributed by atoms with van der Waals surface area (Å²) in [5.41, 5.74) is 0.541. The summed E-state index contributed by atoms with van der Waals surface area (Å²) in [4.78, 5) is 21.7. The Morgan fingerprint density at radius 1 is 1.59 bits per heavy atom. The summed E-state index contributed by atoms with van der Waals surface area (Å²) in [6, 6.07) is 0. The Morgan fingerprint density at radius 3 is 2.88 bits per heavy atom. The molecule has 2 aromatic heterocycles. The summed E-state index contributed by atoms with van der Waals surface area (Å²) < 4.78 is 1.68. The van der Waals surface area contributed by atoms with Gasteiger partial charge in [-0.3, -0.25) is 9.89 Å². The predicted molar refractivity (Wildman–Crippen MR) is 60.1 cm³/mol. The molecule has 2 rings (SSSR count). The molecular formula is C10H14N6O. The Bertz CT molecular complexity index is 528. The van der Waals surface area contributed by atoms with Crippen molar-refractivity contribution in [2.45, 2.75) is 13.5 Å². The second-order valence-electron chi connectivity index (χ2n) is 3.89. The molecule has 7 heteroatoms. The minimum atomic E-state index is -0.104. The third kappa shape index (κ3) is 2.32. The fourth-order valence-electron chi connectivity index (χ4n) is 1.50. The fraction of sp³-hybridized carbons (Fsp3) is 0.400. The van der Waals surface area contributed by atoms with E-state index in [0.717, 1.165) is 5.82 Å². The van der Waals surface area contributed by atoms with Crippen molar-refractivity contribution in [1.82, 2.24) is 29.6 Å². The monoisotopic (exact) mass is 234 g/mol. The van der Waals surface area contributed by atoms with Gasteiger partial charge in [0.15, 0.2) is 5.82 Å². The Hall–Kier alpha value is -2.18. The molecule has 0 atom stereocenters. The first kappa shape index (κ1) is 11.3. The van der Waals surface area contributed by atoms with Crippen LogP contribution in [0.4, 0.5) is 0 Å². The van der Waals surface area contributed by atoms with E-state index >= 15 is 0 Å². The van der Waals surface area contributed by atoms with Crippen molar-refractivity contribution >= 4 is 5.91 Å². The summed E-state index contributed by atoms with van der Waals surface area (Å²) in [7, 11) is 3.49. The first-order valence-corrected chi connectivity index (χ1v) is 5.17. The van der Waals surface area contributed by atoms with Gasteiger partial charge in [-0.25, -0.2) is 9.97 Å². The van der Waals surface area contributed by atoms with Crippen molar-refractivity contribution in [2.75, 3.05) is 7.05 Å². The Balaban J connectivity index is 2.08. The standard InChI is InChI=1S/C10H14N6O/c1-7-12-9(14-13-7)5-15(2)10(17)8-4-11-6-16(8)3/h4,6H,5H2,1-3H3,(H,12,13,14). The summed E-state index contributed by atoms with van der Waals surface area (Å²) in [6.45, 7) is 2.19. The zero-order chi connectivity index (χ0) is 12.4. The molecule has 0 aliphatic rings. The number of nitrogens with zero attached hydrogens (tertiary/aromatic N) is 5. The quantitative estimate of drug-likeness (QED) is 0.818. The van der Waals surface area contributed by atoms with Crippen molar-refractivity contribution in [3.05, 3.63) is 29.9 Å². The first-order valence-electron chi connectivity index (χ1n) is 5.17. The van der Waals surface area contributed by atoms with Crippen LogP contribution >= 0.6 is 0 Å². The lowest BCUT2D eigenvalue weighted by molar-refractivity contribution is 0.0772. The van der Waals surface area contributed by atoms with Gasteiger partial charge in [0.25, 0.3) is 5.91 Å². The number of carbonyl (C=O) groups excluding carboxylic acids is 1. The number of carbonyl (C=O) groups is 1. The van der Waals surface area contributed by atoms with Crippen LogP contribution in [0.25, 0.3) is 0 Å². The molecule has 0 unspecified atom stereocenters. The van der Waals surface area contributed by atoms with E-state index in [-0.39, 0.29) is 5.91 Å². The highest BCUT2D eigenvalue weighted by molar-refractivity contribution is 5.92. The van der Waals surface area contributed by atoms with Crippen LogP contribution in [0.5, 0.6) is 0 Å². The van der Waals surface area contributed by atoms with E-state index in [2.05, 4.69) is 20.2 Å². The molecule has 0 aliphatic carbocycles. The maximum Gasteiger partial charge on any atom is 0.272 e. The van der Waals surface area contributed by atoms with E-state index in [0.29, 0.717) is 18.1 Å².